The van der Waals surface area contributed by atoms with Crippen molar-refractivity contribution in [3.63, 3.8) is 0 Å². The van der Waals surface area contributed by atoms with Crippen molar-refractivity contribution in [1.29, 1.82) is 0 Å². The Morgan fingerprint density at radius 2 is 1.74 bits per heavy atom. The van der Waals surface area contributed by atoms with E-state index in [1.165, 1.54) is 0 Å². The maximum atomic E-state index is 12.7. The van der Waals surface area contributed by atoms with Crippen LogP contribution >= 0.6 is 11.6 Å². The summed E-state index contributed by atoms with van der Waals surface area (Å²) < 4.78 is 5.80. The molecule has 2 heterocycles. The summed E-state index contributed by atoms with van der Waals surface area (Å²) >= 11 is 6.22. The zero-order chi connectivity index (χ0) is 24.1. The molecule has 1 aromatic heterocycles. The third-order valence-electron chi connectivity index (χ3n) is 6.08. The molecule has 7 nitrogen and oxygen atoms in total. The van der Waals surface area contributed by atoms with E-state index in [0.717, 1.165) is 22.4 Å². The molecule has 3 aromatic rings. The summed E-state index contributed by atoms with van der Waals surface area (Å²) in [5.41, 5.74) is 3.76. The maximum Gasteiger partial charge on any atom is 0.238 e. The number of para-hydroxylation sites is 1. The van der Waals surface area contributed by atoms with Gasteiger partial charge < -0.3 is 14.6 Å². The van der Waals surface area contributed by atoms with Gasteiger partial charge in [0.15, 0.2) is 11.7 Å². The van der Waals surface area contributed by atoms with Gasteiger partial charge in [0.2, 0.25) is 11.8 Å². The van der Waals surface area contributed by atoms with Crippen molar-refractivity contribution in [2.24, 2.45) is 0 Å². The molecular weight excluding hydrogens is 452 g/mol. The van der Waals surface area contributed by atoms with Crippen LogP contribution < -0.4 is 5.32 Å². The smallest absolute Gasteiger partial charge is 0.238 e. The molecular formula is C26H29ClN4O3. The minimum atomic E-state index is -0.0320. The highest BCUT2D eigenvalue weighted by molar-refractivity contribution is 6.33. The predicted molar refractivity (Wildman–Crippen MR) is 133 cm³/mol. The number of oxazole rings is 1. The van der Waals surface area contributed by atoms with Crippen molar-refractivity contribution >= 4 is 29.1 Å². The molecule has 0 bridgehead atoms. The van der Waals surface area contributed by atoms with Gasteiger partial charge in [-0.1, -0.05) is 41.9 Å². The van der Waals surface area contributed by atoms with E-state index in [1.807, 2.05) is 55.1 Å². The minimum Gasteiger partial charge on any atom is -0.441 e. The molecule has 1 fully saturated rings. The number of piperazine rings is 1. The second-order valence-corrected chi connectivity index (χ2v) is 8.98. The molecule has 0 aliphatic carbocycles. The third kappa shape index (κ3) is 5.85. The van der Waals surface area contributed by atoms with Crippen molar-refractivity contribution in [3.8, 4) is 11.3 Å². The highest BCUT2D eigenvalue weighted by atomic mass is 35.5. The van der Waals surface area contributed by atoms with Crippen LogP contribution in [0.4, 0.5) is 5.69 Å². The second kappa shape index (κ2) is 10.8. The molecule has 0 spiro atoms. The lowest BCUT2D eigenvalue weighted by Crippen LogP contribution is -2.50. The molecule has 0 unspecified atom stereocenters. The summed E-state index contributed by atoms with van der Waals surface area (Å²) in [5, 5.41) is 3.63. The average molecular weight is 481 g/mol. The van der Waals surface area contributed by atoms with Crippen LogP contribution in [0.25, 0.3) is 11.3 Å². The highest BCUT2D eigenvalue weighted by Gasteiger charge is 2.23. The van der Waals surface area contributed by atoms with Crippen molar-refractivity contribution in [2.45, 2.75) is 26.7 Å². The molecule has 34 heavy (non-hydrogen) atoms. The Morgan fingerprint density at radius 3 is 2.44 bits per heavy atom. The summed E-state index contributed by atoms with van der Waals surface area (Å²) in [5.74, 6) is 1.15. The van der Waals surface area contributed by atoms with Crippen molar-refractivity contribution in [1.82, 2.24) is 14.8 Å². The van der Waals surface area contributed by atoms with E-state index in [2.05, 4.69) is 15.2 Å². The zero-order valence-electron chi connectivity index (χ0n) is 19.5. The van der Waals surface area contributed by atoms with E-state index >= 15 is 0 Å². The Labute approximate surface area is 204 Å². The van der Waals surface area contributed by atoms with Gasteiger partial charge in [0.1, 0.15) is 0 Å². The van der Waals surface area contributed by atoms with Crippen LogP contribution in [0.1, 0.15) is 23.4 Å². The summed E-state index contributed by atoms with van der Waals surface area (Å²) in [4.78, 5) is 33.4. The van der Waals surface area contributed by atoms with Gasteiger partial charge in [0.25, 0.3) is 0 Å². The zero-order valence-corrected chi connectivity index (χ0v) is 20.3. The molecule has 8 heteroatoms. The van der Waals surface area contributed by atoms with Crippen molar-refractivity contribution in [2.75, 3.05) is 38.0 Å². The number of rotatable bonds is 7. The third-order valence-corrected chi connectivity index (χ3v) is 6.41. The van der Waals surface area contributed by atoms with E-state index < -0.39 is 0 Å². The topological polar surface area (TPSA) is 78.7 Å². The first kappa shape index (κ1) is 24.0. The quantitative estimate of drug-likeness (QED) is 0.544. The summed E-state index contributed by atoms with van der Waals surface area (Å²) in [6.07, 6.45) is 2.40. The second-order valence-electron chi connectivity index (χ2n) is 8.57. The monoisotopic (exact) mass is 480 g/mol. The molecule has 1 saturated heterocycles. The number of amides is 2. The van der Waals surface area contributed by atoms with Crippen LogP contribution in [0.15, 0.2) is 53.1 Å². The molecule has 178 valence electrons. The molecule has 1 aliphatic heterocycles. The molecule has 0 saturated carbocycles. The number of carbonyl (C=O) groups excluding carboxylic acids is 2. The number of nitrogens with one attached hydrogen (secondary N) is 1. The number of aryl methyl sites for hydroxylation is 3. The van der Waals surface area contributed by atoms with Gasteiger partial charge in [-0.3, -0.25) is 14.5 Å². The number of anilines is 1. The molecule has 2 aromatic carbocycles. The van der Waals surface area contributed by atoms with Crippen LogP contribution in [0.2, 0.25) is 5.02 Å². The predicted octanol–water partition coefficient (Wildman–Crippen LogP) is 4.33. The van der Waals surface area contributed by atoms with E-state index in [1.54, 1.807) is 12.3 Å². The number of halogens is 1. The lowest BCUT2D eigenvalue weighted by molar-refractivity contribution is -0.133. The number of hydrogen-bond acceptors (Lipinski definition) is 5. The summed E-state index contributed by atoms with van der Waals surface area (Å²) in [6, 6.07) is 13.4. The lowest BCUT2D eigenvalue weighted by atomic mass is 10.1. The molecule has 4 rings (SSSR count). The van der Waals surface area contributed by atoms with Gasteiger partial charge in [-0.2, -0.15) is 0 Å². The maximum absolute atomic E-state index is 12.7. The normalized spacial score (nSPS) is 14.3. The molecule has 0 radical (unpaired) electrons. The first-order valence-corrected chi connectivity index (χ1v) is 11.8. The van der Waals surface area contributed by atoms with Gasteiger partial charge in [-0.25, -0.2) is 4.98 Å². The van der Waals surface area contributed by atoms with Crippen LogP contribution in [0.5, 0.6) is 0 Å². The standard InChI is InChI=1S/C26H29ClN4O3/c1-18-6-5-7-19(2)26(18)29-23(32)17-30-12-14-31(15-13-30)25(33)11-10-24-28-16-22(34-24)20-8-3-4-9-21(20)27/h3-9,16H,10-15,17H2,1-2H3,(H,29,32). The average Bonchev–Trinajstić information content (AvgIpc) is 3.29. The lowest BCUT2D eigenvalue weighted by Gasteiger charge is -2.34. The Kier molecular flexibility index (Phi) is 7.65. The van der Waals surface area contributed by atoms with Gasteiger partial charge in [-0.05, 0) is 37.1 Å². The number of carbonyl (C=O) groups is 2. The fourth-order valence-corrected chi connectivity index (χ4v) is 4.36. The highest BCUT2D eigenvalue weighted by Crippen LogP contribution is 2.28. The first-order chi connectivity index (χ1) is 16.4. The van der Waals surface area contributed by atoms with Crippen molar-refractivity contribution < 1.29 is 14.0 Å². The number of nitrogens with zero attached hydrogens (tertiary/aromatic N) is 3. The Morgan fingerprint density at radius 1 is 1.03 bits per heavy atom. The number of hydrogen-bond donors (Lipinski definition) is 1. The van der Waals surface area contributed by atoms with Gasteiger partial charge in [0.05, 0.1) is 17.8 Å². The van der Waals surface area contributed by atoms with Gasteiger partial charge in [0, 0.05) is 50.3 Å². The van der Waals surface area contributed by atoms with Crippen LogP contribution in [0, 0.1) is 13.8 Å². The minimum absolute atomic E-state index is 0.0320. The van der Waals surface area contributed by atoms with Crippen molar-refractivity contribution in [3.05, 3.63) is 70.7 Å². The van der Waals surface area contributed by atoms with Gasteiger partial charge in [-0.15, -0.1) is 0 Å². The molecule has 0 atom stereocenters. The fraction of sp³-hybridized carbons (Fsp3) is 0.346. The largest absolute Gasteiger partial charge is 0.441 e. The fourth-order valence-electron chi connectivity index (χ4n) is 4.13. The number of aromatic nitrogens is 1. The van der Waals surface area contributed by atoms with E-state index in [0.29, 0.717) is 62.2 Å². The van der Waals surface area contributed by atoms with Gasteiger partial charge >= 0.3 is 0 Å². The molecule has 1 aliphatic rings. The Hall–Kier alpha value is -3.16. The summed E-state index contributed by atoms with van der Waals surface area (Å²) in [7, 11) is 0. The van der Waals surface area contributed by atoms with Crippen LogP contribution in [-0.2, 0) is 16.0 Å². The SMILES string of the molecule is Cc1cccc(C)c1NC(=O)CN1CCN(C(=O)CCc2ncc(-c3ccccc3Cl)o2)CC1. The van der Waals surface area contributed by atoms with E-state index in [-0.39, 0.29) is 11.8 Å². The Balaban J connectivity index is 1.22. The first-order valence-electron chi connectivity index (χ1n) is 11.5. The Bertz CT molecular complexity index is 1150. The van der Waals surface area contributed by atoms with E-state index in [4.69, 9.17) is 16.0 Å². The molecule has 2 amide bonds. The number of benzene rings is 2. The van der Waals surface area contributed by atoms with Crippen LogP contribution in [-0.4, -0.2) is 59.3 Å². The summed E-state index contributed by atoms with van der Waals surface area (Å²) in [6.45, 7) is 6.84. The van der Waals surface area contributed by atoms with E-state index in [9.17, 15) is 9.59 Å². The molecule has 1 N–H and O–H groups in total. The van der Waals surface area contributed by atoms with Crippen LogP contribution in [0.3, 0.4) is 0 Å².